The highest BCUT2D eigenvalue weighted by Gasteiger charge is 2.46. The van der Waals surface area contributed by atoms with Crippen molar-refractivity contribution in [1.82, 2.24) is 15.7 Å². The predicted octanol–water partition coefficient (Wildman–Crippen LogP) is 3.02. The highest BCUT2D eigenvalue weighted by Crippen LogP contribution is 2.20. The van der Waals surface area contributed by atoms with Gasteiger partial charge in [0.25, 0.3) is 11.8 Å². The predicted molar refractivity (Wildman–Crippen MR) is 117 cm³/mol. The van der Waals surface area contributed by atoms with Gasteiger partial charge in [-0.2, -0.15) is 0 Å². The molecule has 1 aliphatic heterocycles. The van der Waals surface area contributed by atoms with Gasteiger partial charge in [0.15, 0.2) is 0 Å². The average Bonchev–Trinajstić information content (AvgIpc) is 3.02. The molecule has 8 nitrogen and oxygen atoms in total. The maximum atomic E-state index is 12.9. The largest absolute Gasteiger partial charge is 0.491 e. The van der Waals surface area contributed by atoms with Crippen LogP contribution in [0.1, 0.15) is 19.4 Å². The summed E-state index contributed by atoms with van der Waals surface area (Å²) in [4.78, 5) is 44.3. The molecule has 0 aliphatic carbocycles. The molecule has 4 amide bonds. The van der Waals surface area contributed by atoms with Crippen molar-refractivity contribution >= 4 is 33.8 Å². The topological polar surface area (TPSA) is 97.0 Å². The molecule has 1 aliphatic rings. The van der Waals surface area contributed by atoms with E-state index in [1.165, 1.54) is 0 Å². The first-order valence-electron chi connectivity index (χ1n) is 9.84. The fourth-order valence-electron chi connectivity index (χ4n) is 3.18. The molecule has 2 N–H and O–H groups in total. The van der Waals surface area contributed by atoms with Crippen LogP contribution in [0.25, 0.3) is 0 Å². The van der Waals surface area contributed by atoms with Crippen LogP contribution < -0.4 is 15.5 Å². The molecule has 0 radical (unpaired) electrons. The van der Waals surface area contributed by atoms with Crippen molar-refractivity contribution in [3.8, 4) is 5.75 Å². The van der Waals surface area contributed by atoms with E-state index < -0.39 is 29.9 Å². The average molecular weight is 490 g/mol. The van der Waals surface area contributed by atoms with Gasteiger partial charge in [-0.1, -0.05) is 60.1 Å². The van der Waals surface area contributed by atoms with Crippen LogP contribution in [-0.4, -0.2) is 41.4 Å². The molecule has 2 aromatic carbocycles. The Balaban J connectivity index is 1.60. The zero-order valence-electron chi connectivity index (χ0n) is 17.2. The molecule has 164 valence electrons. The molecule has 0 aromatic heterocycles. The quantitative estimate of drug-likeness (QED) is 0.416. The van der Waals surface area contributed by atoms with Crippen LogP contribution >= 0.6 is 15.9 Å². The molecule has 3 rings (SSSR count). The van der Waals surface area contributed by atoms with E-state index >= 15 is 0 Å². The fourth-order valence-corrected chi connectivity index (χ4v) is 3.44. The molecular formula is C22H24BrN3O5. The number of nitrogens with one attached hydrogen (secondary N) is 2. The summed E-state index contributed by atoms with van der Waals surface area (Å²) in [7, 11) is 0. The SMILES string of the molecule is CC(C)C(C(=O)NOCc1ccccc1)N1C(=O)NC(COc2ccc(Br)cc2)C1=O. The Labute approximate surface area is 189 Å². The van der Waals surface area contributed by atoms with Crippen molar-refractivity contribution in [3.05, 3.63) is 64.6 Å². The summed E-state index contributed by atoms with van der Waals surface area (Å²) in [6.45, 7) is 3.64. The molecular weight excluding hydrogens is 466 g/mol. The van der Waals surface area contributed by atoms with E-state index in [4.69, 9.17) is 9.57 Å². The summed E-state index contributed by atoms with van der Waals surface area (Å²) < 4.78 is 6.52. The normalized spacial score (nSPS) is 16.9. The minimum Gasteiger partial charge on any atom is -0.491 e. The van der Waals surface area contributed by atoms with Gasteiger partial charge in [0.05, 0.1) is 6.61 Å². The number of carbonyl (C=O) groups excluding carboxylic acids is 3. The molecule has 2 aromatic rings. The number of imide groups is 1. The standard InChI is InChI=1S/C22H24BrN3O5/c1-14(2)19(20(27)25-31-12-15-6-4-3-5-7-15)26-21(28)18(24-22(26)29)13-30-17-10-8-16(23)9-11-17/h3-11,14,18-19H,12-13H2,1-2H3,(H,24,29)(H,25,27). The summed E-state index contributed by atoms with van der Waals surface area (Å²) in [6.07, 6.45) is 0. The lowest BCUT2D eigenvalue weighted by Crippen LogP contribution is -2.52. The van der Waals surface area contributed by atoms with Crippen LogP contribution in [0, 0.1) is 5.92 Å². The van der Waals surface area contributed by atoms with E-state index in [1.54, 1.807) is 26.0 Å². The van der Waals surface area contributed by atoms with Gasteiger partial charge >= 0.3 is 6.03 Å². The smallest absolute Gasteiger partial charge is 0.325 e. The third-order valence-corrected chi connectivity index (χ3v) is 5.24. The van der Waals surface area contributed by atoms with Gasteiger partial charge in [-0.05, 0) is 35.7 Å². The fraction of sp³-hybridized carbons (Fsp3) is 0.318. The number of amides is 4. The Morgan fingerprint density at radius 2 is 1.81 bits per heavy atom. The van der Waals surface area contributed by atoms with Gasteiger partial charge in [0.2, 0.25) is 0 Å². The van der Waals surface area contributed by atoms with Crippen LogP contribution in [0.5, 0.6) is 5.75 Å². The third-order valence-electron chi connectivity index (χ3n) is 4.72. The Kier molecular flexibility index (Phi) is 7.64. The van der Waals surface area contributed by atoms with Gasteiger partial charge in [0, 0.05) is 4.47 Å². The Hall–Kier alpha value is -2.91. The van der Waals surface area contributed by atoms with Crippen LogP contribution in [0.2, 0.25) is 0 Å². The van der Waals surface area contributed by atoms with E-state index in [0.717, 1.165) is 14.9 Å². The number of benzene rings is 2. The van der Waals surface area contributed by atoms with Gasteiger partial charge in [-0.25, -0.2) is 15.2 Å². The molecule has 0 saturated carbocycles. The number of nitrogens with zero attached hydrogens (tertiary/aromatic N) is 1. The first kappa shape index (κ1) is 22.8. The van der Waals surface area contributed by atoms with Crippen LogP contribution in [0.4, 0.5) is 4.79 Å². The summed E-state index contributed by atoms with van der Waals surface area (Å²) in [5, 5.41) is 2.59. The van der Waals surface area contributed by atoms with Crippen LogP contribution in [0.15, 0.2) is 59.1 Å². The van der Waals surface area contributed by atoms with Crippen molar-refractivity contribution in [3.63, 3.8) is 0 Å². The number of hydrogen-bond donors (Lipinski definition) is 2. The molecule has 2 unspecified atom stereocenters. The Morgan fingerprint density at radius 3 is 2.45 bits per heavy atom. The van der Waals surface area contributed by atoms with E-state index in [2.05, 4.69) is 26.7 Å². The molecule has 1 heterocycles. The number of hydroxylamine groups is 1. The van der Waals surface area contributed by atoms with Crippen molar-refractivity contribution in [2.24, 2.45) is 5.92 Å². The number of hydrogen-bond acceptors (Lipinski definition) is 5. The lowest BCUT2D eigenvalue weighted by atomic mass is 10.0. The number of urea groups is 1. The maximum absolute atomic E-state index is 12.9. The van der Waals surface area contributed by atoms with E-state index in [-0.39, 0.29) is 19.1 Å². The lowest BCUT2D eigenvalue weighted by molar-refractivity contribution is -0.146. The minimum atomic E-state index is -1.01. The van der Waals surface area contributed by atoms with E-state index in [0.29, 0.717) is 5.75 Å². The second kappa shape index (κ2) is 10.4. The van der Waals surface area contributed by atoms with Crippen LogP contribution in [-0.2, 0) is 21.0 Å². The van der Waals surface area contributed by atoms with E-state index in [1.807, 2.05) is 42.5 Å². The highest BCUT2D eigenvalue weighted by atomic mass is 79.9. The van der Waals surface area contributed by atoms with Gasteiger partial charge in [-0.3, -0.25) is 14.4 Å². The van der Waals surface area contributed by atoms with Gasteiger partial charge in [0.1, 0.15) is 24.4 Å². The third kappa shape index (κ3) is 5.83. The molecule has 0 spiro atoms. The number of carbonyl (C=O) groups is 3. The summed E-state index contributed by atoms with van der Waals surface area (Å²) >= 11 is 3.34. The van der Waals surface area contributed by atoms with E-state index in [9.17, 15) is 14.4 Å². The maximum Gasteiger partial charge on any atom is 0.325 e. The summed E-state index contributed by atoms with van der Waals surface area (Å²) in [6, 6.07) is 13.9. The van der Waals surface area contributed by atoms with Crippen molar-refractivity contribution < 1.29 is 24.0 Å². The molecule has 0 bridgehead atoms. The zero-order valence-corrected chi connectivity index (χ0v) is 18.8. The number of rotatable bonds is 9. The molecule has 31 heavy (non-hydrogen) atoms. The molecule has 1 fully saturated rings. The van der Waals surface area contributed by atoms with Crippen molar-refractivity contribution in [1.29, 1.82) is 0 Å². The van der Waals surface area contributed by atoms with Crippen molar-refractivity contribution in [2.45, 2.75) is 32.5 Å². The molecule has 9 heteroatoms. The lowest BCUT2D eigenvalue weighted by Gasteiger charge is -2.27. The molecule has 2 atom stereocenters. The van der Waals surface area contributed by atoms with Crippen molar-refractivity contribution in [2.75, 3.05) is 6.61 Å². The first-order chi connectivity index (χ1) is 14.9. The monoisotopic (exact) mass is 489 g/mol. The van der Waals surface area contributed by atoms with Crippen LogP contribution in [0.3, 0.4) is 0 Å². The Morgan fingerprint density at radius 1 is 1.13 bits per heavy atom. The minimum absolute atomic E-state index is 0.0420. The second-order valence-corrected chi connectivity index (χ2v) is 8.32. The number of halogens is 1. The van der Waals surface area contributed by atoms with Gasteiger partial charge < -0.3 is 10.1 Å². The van der Waals surface area contributed by atoms with Gasteiger partial charge in [-0.15, -0.1) is 0 Å². The zero-order chi connectivity index (χ0) is 22.4. The molecule has 1 saturated heterocycles. The second-order valence-electron chi connectivity index (χ2n) is 7.40. The number of ether oxygens (including phenoxy) is 1. The summed E-state index contributed by atoms with van der Waals surface area (Å²) in [5.41, 5.74) is 3.24. The summed E-state index contributed by atoms with van der Waals surface area (Å²) in [5.74, 6) is -0.833. The first-order valence-corrected chi connectivity index (χ1v) is 10.6. The Bertz CT molecular complexity index is 921. The highest BCUT2D eigenvalue weighted by molar-refractivity contribution is 9.10.